The number of likely N-dealkylation sites (tertiary alicyclic amines) is 1. The summed E-state index contributed by atoms with van der Waals surface area (Å²) in [7, 11) is 2.19. The Morgan fingerprint density at radius 2 is 2.23 bits per heavy atom. The highest BCUT2D eigenvalue weighted by molar-refractivity contribution is 5.02. The predicted octanol–water partition coefficient (Wildman–Crippen LogP) is 1.72. The maximum absolute atomic E-state index is 4.43. The zero-order chi connectivity index (χ0) is 9.42. The highest BCUT2D eigenvalue weighted by Gasteiger charge is 2.23. The van der Waals surface area contributed by atoms with Gasteiger partial charge in [-0.15, -0.1) is 0 Å². The van der Waals surface area contributed by atoms with Crippen molar-refractivity contribution in [2.45, 2.75) is 32.9 Å². The van der Waals surface area contributed by atoms with E-state index < -0.39 is 0 Å². The number of imidazole rings is 1. The molecule has 0 bridgehead atoms. The topological polar surface area (TPSA) is 21.1 Å². The summed E-state index contributed by atoms with van der Waals surface area (Å²) in [4.78, 5) is 6.82. The second kappa shape index (κ2) is 3.14. The lowest BCUT2D eigenvalue weighted by Gasteiger charge is -2.21. The maximum Gasteiger partial charge on any atom is 0.107 e. The quantitative estimate of drug-likeness (QED) is 0.654. The summed E-state index contributed by atoms with van der Waals surface area (Å²) in [6.45, 7) is 5.35. The van der Waals surface area contributed by atoms with Crippen LogP contribution in [-0.4, -0.2) is 28.0 Å². The SMILES string of the molecule is Cc1cn(C2CCCN2C)c(C)n1. The average Bonchev–Trinajstić information content (AvgIpc) is 2.58. The minimum atomic E-state index is 0.543. The Bertz CT molecular complexity index is 303. The zero-order valence-corrected chi connectivity index (χ0v) is 8.62. The number of aromatic nitrogens is 2. The van der Waals surface area contributed by atoms with Crippen LogP contribution in [0.1, 0.15) is 30.5 Å². The molecule has 0 N–H and O–H groups in total. The molecule has 13 heavy (non-hydrogen) atoms. The van der Waals surface area contributed by atoms with Gasteiger partial charge in [0.2, 0.25) is 0 Å². The van der Waals surface area contributed by atoms with Gasteiger partial charge in [0.1, 0.15) is 5.82 Å². The van der Waals surface area contributed by atoms with E-state index in [1.165, 1.54) is 19.4 Å². The monoisotopic (exact) mass is 179 g/mol. The number of hydrogen-bond acceptors (Lipinski definition) is 2. The summed E-state index contributed by atoms with van der Waals surface area (Å²) in [6, 6.07) is 0. The van der Waals surface area contributed by atoms with Crippen LogP contribution in [0.25, 0.3) is 0 Å². The van der Waals surface area contributed by atoms with Gasteiger partial charge in [0.25, 0.3) is 0 Å². The Balaban J connectivity index is 2.28. The third-order valence-corrected chi connectivity index (χ3v) is 2.84. The summed E-state index contributed by atoms with van der Waals surface area (Å²) < 4.78 is 2.29. The van der Waals surface area contributed by atoms with Crippen LogP contribution in [0.5, 0.6) is 0 Å². The van der Waals surface area contributed by atoms with Gasteiger partial charge in [-0.05, 0) is 40.3 Å². The minimum Gasteiger partial charge on any atom is -0.319 e. The van der Waals surface area contributed by atoms with Gasteiger partial charge in [-0.2, -0.15) is 0 Å². The molecule has 1 aliphatic rings. The fraction of sp³-hybridized carbons (Fsp3) is 0.700. The van der Waals surface area contributed by atoms with E-state index in [9.17, 15) is 0 Å². The van der Waals surface area contributed by atoms with Gasteiger partial charge in [-0.25, -0.2) is 4.98 Å². The number of rotatable bonds is 1. The van der Waals surface area contributed by atoms with Crippen molar-refractivity contribution in [3.63, 3.8) is 0 Å². The molecular formula is C10H17N3. The van der Waals surface area contributed by atoms with Crippen molar-refractivity contribution < 1.29 is 0 Å². The van der Waals surface area contributed by atoms with E-state index in [0.717, 1.165) is 11.5 Å². The average molecular weight is 179 g/mol. The first-order chi connectivity index (χ1) is 6.18. The molecule has 1 fully saturated rings. The molecule has 1 aromatic rings. The lowest BCUT2D eigenvalue weighted by atomic mass is 10.3. The van der Waals surface area contributed by atoms with Gasteiger partial charge in [0, 0.05) is 6.20 Å². The van der Waals surface area contributed by atoms with Gasteiger partial charge in [0.05, 0.1) is 11.9 Å². The molecule has 1 saturated heterocycles. The summed E-state index contributed by atoms with van der Waals surface area (Å²) in [5, 5.41) is 0. The van der Waals surface area contributed by atoms with E-state index in [2.05, 4.69) is 41.5 Å². The fourth-order valence-electron chi connectivity index (χ4n) is 2.18. The van der Waals surface area contributed by atoms with Crippen LogP contribution in [0.15, 0.2) is 6.20 Å². The second-order valence-corrected chi connectivity index (χ2v) is 3.94. The van der Waals surface area contributed by atoms with Crippen LogP contribution < -0.4 is 0 Å². The van der Waals surface area contributed by atoms with Crippen LogP contribution in [0.2, 0.25) is 0 Å². The van der Waals surface area contributed by atoms with E-state index in [4.69, 9.17) is 0 Å². The van der Waals surface area contributed by atoms with E-state index >= 15 is 0 Å². The van der Waals surface area contributed by atoms with Crippen LogP contribution >= 0.6 is 0 Å². The van der Waals surface area contributed by atoms with Gasteiger partial charge in [0.15, 0.2) is 0 Å². The smallest absolute Gasteiger partial charge is 0.107 e. The highest BCUT2D eigenvalue weighted by Crippen LogP contribution is 2.26. The molecule has 0 saturated carbocycles. The maximum atomic E-state index is 4.43. The minimum absolute atomic E-state index is 0.543. The first-order valence-electron chi connectivity index (χ1n) is 4.91. The summed E-state index contributed by atoms with van der Waals surface area (Å²) >= 11 is 0. The van der Waals surface area contributed by atoms with Gasteiger partial charge in [-0.3, -0.25) is 4.90 Å². The van der Waals surface area contributed by atoms with E-state index in [-0.39, 0.29) is 0 Å². The van der Waals surface area contributed by atoms with Gasteiger partial charge in [-0.1, -0.05) is 0 Å². The molecule has 0 amide bonds. The van der Waals surface area contributed by atoms with Crippen molar-refractivity contribution >= 4 is 0 Å². The van der Waals surface area contributed by atoms with Crippen LogP contribution in [-0.2, 0) is 0 Å². The van der Waals surface area contributed by atoms with Crippen molar-refractivity contribution in [1.29, 1.82) is 0 Å². The van der Waals surface area contributed by atoms with Crippen molar-refractivity contribution in [2.24, 2.45) is 0 Å². The van der Waals surface area contributed by atoms with Gasteiger partial charge >= 0.3 is 0 Å². The van der Waals surface area contributed by atoms with Crippen molar-refractivity contribution in [1.82, 2.24) is 14.5 Å². The number of hydrogen-bond donors (Lipinski definition) is 0. The van der Waals surface area contributed by atoms with Crippen molar-refractivity contribution in [3.05, 3.63) is 17.7 Å². The lowest BCUT2D eigenvalue weighted by Crippen LogP contribution is -2.23. The standard InChI is InChI=1S/C10H17N3/c1-8-7-13(9(2)11-8)10-5-4-6-12(10)3/h7,10H,4-6H2,1-3H3. The fourth-order valence-corrected chi connectivity index (χ4v) is 2.18. The number of aryl methyl sites for hydroxylation is 2. The van der Waals surface area contributed by atoms with E-state index in [1.807, 2.05) is 0 Å². The molecule has 3 nitrogen and oxygen atoms in total. The molecule has 1 aliphatic heterocycles. The molecule has 0 aromatic carbocycles. The first-order valence-corrected chi connectivity index (χ1v) is 4.91. The molecule has 2 rings (SSSR count). The molecule has 0 aliphatic carbocycles. The van der Waals surface area contributed by atoms with Crippen LogP contribution in [0.3, 0.4) is 0 Å². The third-order valence-electron chi connectivity index (χ3n) is 2.84. The Kier molecular flexibility index (Phi) is 2.12. The van der Waals surface area contributed by atoms with Gasteiger partial charge < -0.3 is 4.57 Å². The first kappa shape index (κ1) is 8.75. The molecule has 72 valence electrons. The third kappa shape index (κ3) is 1.48. The number of nitrogens with zero attached hydrogens (tertiary/aromatic N) is 3. The largest absolute Gasteiger partial charge is 0.319 e. The van der Waals surface area contributed by atoms with Crippen LogP contribution in [0, 0.1) is 13.8 Å². The summed E-state index contributed by atoms with van der Waals surface area (Å²) in [6.07, 6.45) is 5.26. The predicted molar refractivity (Wildman–Crippen MR) is 52.6 cm³/mol. The Morgan fingerprint density at radius 1 is 1.46 bits per heavy atom. The molecule has 1 atom stereocenters. The molecule has 1 aromatic heterocycles. The normalized spacial score (nSPS) is 24.1. The van der Waals surface area contributed by atoms with Crippen molar-refractivity contribution in [2.75, 3.05) is 13.6 Å². The Labute approximate surface area is 79.4 Å². The zero-order valence-electron chi connectivity index (χ0n) is 8.62. The molecule has 0 radical (unpaired) electrons. The molecule has 0 spiro atoms. The Morgan fingerprint density at radius 3 is 2.69 bits per heavy atom. The Hall–Kier alpha value is -0.830. The summed E-state index contributed by atoms with van der Waals surface area (Å²) in [5.74, 6) is 1.14. The molecular weight excluding hydrogens is 162 g/mol. The highest BCUT2D eigenvalue weighted by atomic mass is 15.3. The van der Waals surface area contributed by atoms with E-state index in [1.54, 1.807) is 0 Å². The lowest BCUT2D eigenvalue weighted by molar-refractivity contribution is 0.234. The van der Waals surface area contributed by atoms with E-state index in [0.29, 0.717) is 6.17 Å². The van der Waals surface area contributed by atoms with Crippen molar-refractivity contribution in [3.8, 4) is 0 Å². The molecule has 2 heterocycles. The molecule has 1 unspecified atom stereocenters. The summed E-state index contributed by atoms with van der Waals surface area (Å²) in [5.41, 5.74) is 1.12. The second-order valence-electron chi connectivity index (χ2n) is 3.94. The molecule has 3 heteroatoms. The van der Waals surface area contributed by atoms with Crippen LogP contribution in [0.4, 0.5) is 0 Å².